The summed E-state index contributed by atoms with van der Waals surface area (Å²) in [5, 5.41) is 3.20. The Labute approximate surface area is 171 Å². The number of halogens is 1. The second kappa shape index (κ2) is 11.3. The van der Waals surface area contributed by atoms with Gasteiger partial charge in [0.1, 0.15) is 6.54 Å². The molecule has 0 aliphatic carbocycles. The van der Waals surface area contributed by atoms with Gasteiger partial charge in [0.05, 0.1) is 6.04 Å². The van der Waals surface area contributed by atoms with Gasteiger partial charge in [-0.15, -0.1) is 0 Å². The topological polar surface area (TPSA) is 33.0 Å². The van der Waals surface area contributed by atoms with Crippen LogP contribution in [0.25, 0.3) is 0 Å². The van der Waals surface area contributed by atoms with E-state index in [-0.39, 0.29) is 28.9 Å². The molecular formula is C23H25BrN2O. The van der Waals surface area contributed by atoms with Gasteiger partial charge in [0, 0.05) is 25.0 Å². The van der Waals surface area contributed by atoms with E-state index in [0.717, 1.165) is 30.5 Å². The number of rotatable bonds is 8. The molecule has 0 atom stereocenters. The number of amides is 1. The molecule has 2 aromatic carbocycles. The largest absolute Gasteiger partial charge is 1.00 e. The number of aryl methyl sites for hydroxylation is 1. The molecule has 1 heterocycles. The van der Waals surface area contributed by atoms with Crippen LogP contribution in [0, 0.1) is 0 Å². The van der Waals surface area contributed by atoms with E-state index in [1.165, 1.54) is 0 Å². The first kappa shape index (κ1) is 20.8. The van der Waals surface area contributed by atoms with Gasteiger partial charge in [-0.25, -0.2) is 4.57 Å². The molecule has 1 N–H and O–H groups in total. The average Bonchev–Trinajstić information content (AvgIpc) is 2.71. The van der Waals surface area contributed by atoms with E-state index < -0.39 is 0 Å². The van der Waals surface area contributed by atoms with Gasteiger partial charge in [0.15, 0.2) is 12.4 Å². The molecule has 0 saturated heterocycles. The Hall–Kier alpha value is -2.46. The molecule has 0 spiro atoms. The van der Waals surface area contributed by atoms with Crippen LogP contribution in [-0.4, -0.2) is 5.91 Å². The monoisotopic (exact) mass is 424 g/mol. The zero-order valence-corrected chi connectivity index (χ0v) is 16.9. The molecule has 3 nitrogen and oxygen atoms in total. The highest BCUT2D eigenvalue weighted by Crippen LogP contribution is 2.21. The number of unbranched alkanes of at least 4 members (excludes halogenated alkanes) is 1. The minimum atomic E-state index is -0.103. The number of nitrogens with one attached hydrogen (secondary N) is 1. The van der Waals surface area contributed by atoms with Crippen molar-refractivity contribution in [2.24, 2.45) is 0 Å². The SMILES string of the molecule is O=C(CCCC[n+]1ccccc1)NC(c1ccccc1)c1ccccc1.[Br-]. The Kier molecular flexibility index (Phi) is 8.72. The molecule has 140 valence electrons. The van der Waals surface area contributed by atoms with E-state index in [9.17, 15) is 4.79 Å². The normalized spacial score (nSPS) is 10.3. The first-order valence-electron chi connectivity index (χ1n) is 9.16. The predicted octanol–water partition coefficient (Wildman–Crippen LogP) is 1.05. The highest BCUT2D eigenvalue weighted by Gasteiger charge is 2.16. The Morgan fingerprint density at radius 3 is 1.85 bits per heavy atom. The molecule has 4 heteroatoms. The smallest absolute Gasteiger partial charge is 0.220 e. The van der Waals surface area contributed by atoms with Crippen molar-refractivity contribution < 1.29 is 26.3 Å². The lowest BCUT2D eigenvalue weighted by atomic mass is 9.98. The number of nitrogens with zero attached hydrogens (tertiary/aromatic N) is 1. The average molecular weight is 425 g/mol. The van der Waals surface area contributed by atoms with E-state index in [1.54, 1.807) is 0 Å². The highest BCUT2D eigenvalue weighted by molar-refractivity contribution is 5.77. The zero-order chi connectivity index (χ0) is 18.0. The summed E-state index contributed by atoms with van der Waals surface area (Å²) in [6.45, 7) is 0.939. The summed E-state index contributed by atoms with van der Waals surface area (Å²) in [6.07, 6.45) is 6.53. The number of hydrogen-bond donors (Lipinski definition) is 1. The standard InChI is InChI=1S/C23H24N2O.BrH/c26-22(16-8-11-19-25-17-9-3-10-18-25)24-23(20-12-4-1-5-13-20)21-14-6-2-7-15-21;/h1-7,9-10,12-15,17-18,23H,8,11,16,19H2;1H. The molecule has 27 heavy (non-hydrogen) atoms. The van der Waals surface area contributed by atoms with E-state index in [4.69, 9.17) is 0 Å². The van der Waals surface area contributed by atoms with Crippen LogP contribution in [0.1, 0.15) is 36.4 Å². The predicted molar refractivity (Wildman–Crippen MR) is 103 cm³/mol. The minimum Gasteiger partial charge on any atom is -1.00 e. The van der Waals surface area contributed by atoms with E-state index in [1.807, 2.05) is 54.6 Å². The molecule has 0 saturated carbocycles. The van der Waals surface area contributed by atoms with Gasteiger partial charge in [0.25, 0.3) is 0 Å². The summed E-state index contributed by atoms with van der Waals surface area (Å²) in [6, 6.07) is 26.2. The second-order valence-corrected chi connectivity index (χ2v) is 6.39. The van der Waals surface area contributed by atoms with Crippen LogP contribution in [0.3, 0.4) is 0 Å². The second-order valence-electron chi connectivity index (χ2n) is 6.39. The number of benzene rings is 2. The zero-order valence-electron chi connectivity index (χ0n) is 15.3. The van der Waals surface area contributed by atoms with Crippen molar-refractivity contribution in [1.82, 2.24) is 5.32 Å². The number of pyridine rings is 1. The van der Waals surface area contributed by atoms with Gasteiger partial charge >= 0.3 is 0 Å². The molecule has 0 radical (unpaired) electrons. The van der Waals surface area contributed by atoms with Crippen LogP contribution in [-0.2, 0) is 11.3 Å². The number of hydrogen-bond acceptors (Lipinski definition) is 1. The first-order chi connectivity index (χ1) is 12.8. The van der Waals surface area contributed by atoms with Gasteiger partial charge < -0.3 is 22.3 Å². The number of carbonyl (C=O) groups is 1. The highest BCUT2D eigenvalue weighted by atomic mass is 79.9. The lowest BCUT2D eigenvalue weighted by molar-refractivity contribution is -0.697. The maximum Gasteiger partial charge on any atom is 0.220 e. The van der Waals surface area contributed by atoms with Gasteiger partial charge in [0.2, 0.25) is 5.91 Å². The maximum atomic E-state index is 12.5. The molecule has 0 bridgehead atoms. The Morgan fingerprint density at radius 1 is 0.778 bits per heavy atom. The van der Waals surface area contributed by atoms with Gasteiger partial charge in [-0.05, 0) is 17.5 Å². The summed E-state index contributed by atoms with van der Waals surface area (Å²) in [7, 11) is 0. The fourth-order valence-corrected chi connectivity index (χ4v) is 3.05. The van der Waals surface area contributed by atoms with Crippen LogP contribution < -0.4 is 26.9 Å². The van der Waals surface area contributed by atoms with Crippen LogP contribution in [0.2, 0.25) is 0 Å². The molecule has 0 fully saturated rings. The summed E-state index contributed by atoms with van der Waals surface area (Å²) in [5.41, 5.74) is 2.21. The van der Waals surface area contributed by atoms with Crippen LogP contribution in [0.15, 0.2) is 91.3 Å². The van der Waals surface area contributed by atoms with E-state index in [2.05, 4.69) is 46.5 Å². The van der Waals surface area contributed by atoms with Crippen LogP contribution in [0.5, 0.6) is 0 Å². The quantitative estimate of drug-likeness (QED) is 0.425. The third-order valence-electron chi connectivity index (χ3n) is 4.42. The first-order valence-corrected chi connectivity index (χ1v) is 9.16. The Bertz CT molecular complexity index is 755. The molecule has 1 aromatic heterocycles. The third kappa shape index (κ3) is 6.65. The number of aromatic nitrogens is 1. The molecule has 3 rings (SSSR count). The fraction of sp³-hybridized carbons (Fsp3) is 0.217. The molecule has 0 aliphatic rings. The Morgan fingerprint density at radius 2 is 1.30 bits per heavy atom. The van der Waals surface area contributed by atoms with Crippen molar-refractivity contribution in [2.45, 2.75) is 31.8 Å². The lowest BCUT2D eigenvalue weighted by Gasteiger charge is -2.20. The van der Waals surface area contributed by atoms with Crippen molar-refractivity contribution in [1.29, 1.82) is 0 Å². The molecule has 0 aliphatic heterocycles. The van der Waals surface area contributed by atoms with E-state index in [0.29, 0.717) is 6.42 Å². The van der Waals surface area contributed by atoms with E-state index >= 15 is 0 Å². The van der Waals surface area contributed by atoms with Crippen molar-refractivity contribution in [3.63, 3.8) is 0 Å². The fourth-order valence-electron chi connectivity index (χ4n) is 3.05. The molecule has 1 amide bonds. The Balaban J connectivity index is 0.00000261. The number of carbonyl (C=O) groups excluding carboxylic acids is 1. The summed E-state index contributed by atoms with van der Waals surface area (Å²) in [4.78, 5) is 12.5. The maximum absolute atomic E-state index is 12.5. The van der Waals surface area contributed by atoms with Crippen molar-refractivity contribution in [3.05, 3.63) is 102 Å². The van der Waals surface area contributed by atoms with Gasteiger partial charge in [-0.3, -0.25) is 4.79 Å². The summed E-state index contributed by atoms with van der Waals surface area (Å²) >= 11 is 0. The van der Waals surface area contributed by atoms with Crippen LogP contribution in [0.4, 0.5) is 0 Å². The third-order valence-corrected chi connectivity index (χ3v) is 4.42. The van der Waals surface area contributed by atoms with Crippen molar-refractivity contribution in [2.75, 3.05) is 0 Å². The van der Waals surface area contributed by atoms with Crippen molar-refractivity contribution >= 4 is 5.91 Å². The molecule has 0 unspecified atom stereocenters. The van der Waals surface area contributed by atoms with Gasteiger partial charge in [-0.1, -0.05) is 66.7 Å². The van der Waals surface area contributed by atoms with Crippen molar-refractivity contribution in [3.8, 4) is 0 Å². The summed E-state index contributed by atoms with van der Waals surface area (Å²) < 4.78 is 2.15. The molecule has 3 aromatic rings. The van der Waals surface area contributed by atoms with Crippen LogP contribution >= 0.6 is 0 Å². The summed E-state index contributed by atoms with van der Waals surface area (Å²) in [5.74, 6) is 0.0979. The minimum absolute atomic E-state index is 0. The molecular weight excluding hydrogens is 400 g/mol. The lowest BCUT2D eigenvalue weighted by Crippen LogP contribution is -3.00. The van der Waals surface area contributed by atoms with Gasteiger partial charge in [-0.2, -0.15) is 0 Å².